The number of nitrogens with one attached hydrogen (secondary N) is 1. The van der Waals surface area contributed by atoms with Crippen molar-refractivity contribution in [3.8, 4) is 11.5 Å². The summed E-state index contributed by atoms with van der Waals surface area (Å²) in [6, 6.07) is 7.37. The van der Waals surface area contributed by atoms with Crippen molar-refractivity contribution in [2.45, 2.75) is 38.4 Å². The average Bonchev–Trinajstić information content (AvgIpc) is 2.55. The molecule has 0 amide bonds. The number of carbonyl (C=O) groups is 1. The van der Waals surface area contributed by atoms with Crippen LogP contribution in [0.1, 0.15) is 26.2 Å². The zero-order valence-electron chi connectivity index (χ0n) is 13.0. The Kier molecular flexibility index (Phi) is 4.83. The van der Waals surface area contributed by atoms with Crippen molar-refractivity contribution < 1.29 is 23.9 Å². The van der Waals surface area contributed by atoms with E-state index >= 15 is 0 Å². The van der Waals surface area contributed by atoms with Crippen molar-refractivity contribution in [3.05, 3.63) is 24.3 Å². The summed E-state index contributed by atoms with van der Waals surface area (Å²) in [6.45, 7) is 5.39. The smallest absolute Gasteiger partial charge is 0.351 e. The predicted octanol–water partition coefficient (Wildman–Crippen LogP) is 0.827. The molecule has 0 aliphatic carbocycles. The van der Waals surface area contributed by atoms with Crippen molar-refractivity contribution in [2.75, 3.05) is 26.2 Å². The zero-order valence-corrected chi connectivity index (χ0v) is 13.0. The van der Waals surface area contributed by atoms with E-state index in [0.29, 0.717) is 11.5 Å². The van der Waals surface area contributed by atoms with Crippen LogP contribution < -0.4 is 14.4 Å². The molecule has 5 nitrogen and oxygen atoms in total. The number of likely N-dealkylation sites (tertiary alicyclic amines) is 1. The van der Waals surface area contributed by atoms with Gasteiger partial charge in [0.25, 0.3) is 0 Å². The fourth-order valence-electron chi connectivity index (χ4n) is 3.11. The normalized spacial score (nSPS) is 22.9. The summed E-state index contributed by atoms with van der Waals surface area (Å²) < 4.78 is 16.8. The van der Waals surface area contributed by atoms with Gasteiger partial charge < -0.3 is 19.1 Å². The lowest BCUT2D eigenvalue weighted by atomic mass is 10.1. The van der Waals surface area contributed by atoms with Crippen molar-refractivity contribution in [2.24, 2.45) is 0 Å². The second-order valence-corrected chi connectivity index (χ2v) is 6.13. The number of para-hydroxylation sites is 2. The maximum atomic E-state index is 12.2. The maximum Gasteiger partial charge on any atom is 0.351 e. The molecule has 120 valence electrons. The molecule has 0 spiro atoms. The second-order valence-electron chi connectivity index (χ2n) is 6.13. The SMILES string of the molecule is C[C@@H](C[NH+]1CCCCC1)OC(=O)[C@H]1COc2ccccc2O1. The fraction of sp³-hybridized carbons (Fsp3) is 0.588. The molecule has 1 N–H and O–H groups in total. The van der Waals surface area contributed by atoms with Crippen molar-refractivity contribution >= 4 is 5.97 Å². The van der Waals surface area contributed by atoms with Crippen LogP contribution in [0.15, 0.2) is 24.3 Å². The highest BCUT2D eigenvalue weighted by Gasteiger charge is 2.30. The van der Waals surface area contributed by atoms with Crippen molar-refractivity contribution in [1.82, 2.24) is 0 Å². The molecule has 0 radical (unpaired) electrons. The number of rotatable bonds is 4. The summed E-state index contributed by atoms with van der Waals surface area (Å²) in [4.78, 5) is 13.7. The van der Waals surface area contributed by atoms with Crippen LogP contribution in [0, 0.1) is 0 Å². The molecule has 0 unspecified atom stereocenters. The number of benzene rings is 1. The number of quaternary nitrogens is 1. The average molecular weight is 306 g/mol. The van der Waals surface area contributed by atoms with Gasteiger partial charge in [-0.3, -0.25) is 0 Å². The lowest BCUT2D eigenvalue weighted by molar-refractivity contribution is -0.907. The van der Waals surface area contributed by atoms with Gasteiger partial charge in [0.2, 0.25) is 6.10 Å². The molecule has 1 fully saturated rings. The molecule has 0 saturated carbocycles. The number of hydrogen-bond acceptors (Lipinski definition) is 4. The van der Waals surface area contributed by atoms with E-state index in [9.17, 15) is 4.79 Å². The Balaban J connectivity index is 1.49. The third-order valence-electron chi connectivity index (χ3n) is 4.23. The number of ether oxygens (including phenoxy) is 3. The summed E-state index contributed by atoms with van der Waals surface area (Å²) in [5.74, 6) is 0.945. The summed E-state index contributed by atoms with van der Waals surface area (Å²) >= 11 is 0. The van der Waals surface area contributed by atoms with Crippen LogP contribution in [0.5, 0.6) is 11.5 Å². The Morgan fingerprint density at radius 1 is 1.27 bits per heavy atom. The van der Waals surface area contributed by atoms with Gasteiger partial charge in [0.05, 0.1) is 13.1 Å². The van der Waals surface area contributed by atoms with E-state index in [0.717, 1.165) is 6.54 Å². The van der Waals surface area contributed by atoms with Gasteiger partial charge in [0, 0.05) is 0 Å². The van der Waals surface area contributed by atoms with Gasteiger partial charge in [-0.25, -0.2) is 4.79 Å². The van der Waals surface area contributed by atoms with Crippen LogP contribution in [-0.4, -0.2) is 44.4 Å². The largest absolute Gasteiger partial charge is 0.485 e. The van der Waals surface area contributed by atoms with E-state index < -0.39 is 6.10 Å². The number of esters is 1. The van der Waals surface area contributed by atoms with E-state index in [1.807, 2.05) is 25.1 Å². The van der Waals surface area contributed by atoms with Crippen molar-refractivity contribution in [1.29, 1.82) is 0 Å². The van der Waals surface area contributed by atoms with Gasteiger partial charge >= 0.3 is 5.97 Å². The van der Waals surface area contributed by atoms with Gasteiger partial charge in [0.15, 0.2) is 11.5 Å². The molecular weight excluding hydrogens is 282 g/mol. The summed E-state index contributed by atoms with van der Waals surface area (Å²) in [7, 11) is 0. The Labute approximate surface area is 131 Å². The highest BCUT2D eigenvalue weighted by molar-refractivity contribution is 5.76. The molecule has 2 heterocycles. The minimum Gasteiger partial charge on any atom is -0.485 e. The standard InChI is InChI=1S/C17H23NO4/c1-13(11-18-9-5-2-6-10-18)21-17(19)16-12-20-14-7-3-4-8-15(14)22-16/h3-4,7-8,13,16H,2,5-6,9-12H2,1H3/p+1/t13-,16+/m0/s1. The molecule has 2 aliphatic rings. The van der Waals surface area contributed by atoms with Crippen LogP contribution in [0.4, 0.5) is 0 Å². The van der Waals surface area contributed by atoms with Gasteiger partial charge in [-0.05, 0) is 38.3 Å². The van der Waals surface area contributed by atoms with E-state index in [4.69, 9.17) is 14.2 Å². The first-order valence-electron chi connectivity index (χ1n) is 8.15. The third-order valence-corrected chi connectivity index (χ3v) is 4.23. The first-order chi connectivity index (χ1) is 10.7. The fourth-order valence-corrected chi connectivity index (χ4v) is 3.11. The zero-order chi connectivity index (χ0) is 15.4. The minimum atomic E-state index is -0.672. The van der Waals surface area contributed by atoms with E-state index in [2.05, 4.69) is 0 Å². The molecule has 5 heteroatoms. The van der Waals surface area contributed by atoms with Gasteiger partial charge in [-0.2, -0.15) is 0 Å². The number of fused-ring (bicyclic) bond motifs is 1. The number of piperidine rings is 1. The molecule has 2 aliphatic heterocycles. The first-order valence-corrected chi connectivity index (χ1v) is 8.15. The Bertz CT molecular complexity index is 513. The summed E-state index contributed by atoms with van der Waals surface area (Å²) in [6.07, 6.45) is 3.10. The predicted molar refractivity (Wildman–Crippen MR) is 81.3 cm³/mol. The minimum absolute atomic E-state index is 0.0960. The van der Waals surface area contributed by atoms with Gasteiger partial charge in [-0.1, -0.05) is 12.1 Å². The molecular formula is C17H24NO4+. The molecule has 1 aromatic rings. The topological polar surface area (TPSA) is 49.2 Å². The molecule has 1 saturated heterocycles. The Morgan fingerprint density at radius 2 is 2.00 bits per heavy atom. The second kappa shape index (κ2) is 7.01. The molecule has 22 heavy (non-hydrogen) atoms. The van der Waals surface area contributed by atoms with Crippen molar-refractivity contribution in [3.63, 3.8) is 0 Å². The van der Waals surface area contributed by atoms with Crippen LogP contribution >= 0.6 is 0 Å². The molecule has 3 rings (SSSR count). The van der Waals surface area contributed by atoms with Crippen LogP contribution in [0.3, 0.4) is 0 Å². The molecule has 1 aromatic carbocycles. The number of hydrogen-bond donors (Lipinski definition) is 1. The lowest BCUT2D eigenvalue weighted by Gasteiger charge is -2.28. The summed E-state index contributed by atoms with van der Waals surface area (Å²) in [5.41, 5.74) is 0. The quantitative estimate of drug-likeness (QED) is 0.837. The highest BCUT2D eigenvalue weighted by Crippen LogP contribution is 2.31. The Morgan fingerprint density at radius 3 is 2.77 bits per heavy atom. The van der Waals surface area contributed by atoms with Crippen LogP contribution in [0.25, 0.3) is 0 Å². The maximum absolute atomic E-state index is 12.2. The summed E-state index contributed by atoms with van der Waals surface area (Å²) in [5, 5.41) is 0. The van der Waals surface area contributed by atoms with Gasteiger partial charge in [0.1, 0.15) is 19.3 Å². The molecule has 2 atom stereocenters. The monoisotopic (exact) mass is 306 g/mol. The van der Waals surface area contributed by atoms with E-state index in [1.54, 1.807) is 6.07 Å². The van der Waals surface area contributed by atoms with Crippen LogP contribution in [0.2, 0.25) is 0 Å². The molecule has 0 bridgehead atoms. The van der Waals surface area contributed by atoms with E-state index in [1.165, 1.54) is 37.3 Å². The third kappa shape index (κ3) is 3.71. The number of carbonyl (C=O) groups excluding carboxylic acids is 1. The highest BCUT2D eigenvalue weighted by atomic mass is 16.6. The lowest BCUT2D eigenvalue weighted by Crippen LogP contribution is -3.13. The van der Waals surface area contributed by atoms with Crippen LogP contribution in [-0.2, 0) is 9.53 Å². The first kappa shape index (κ1) is 15.2. The van der Waals surface area contributed by atoms with E-state index in [-0.39, 0.29) is 18.7 Å². The molecule has 0 aromatic heterocycles. The Hall–Kier alpha value is -1.75. The van der Waals surface area contributed by atoms with Gasteiger partial charge in [-0.15, -0.1) is 0 Å².